The number of aryl methyl sites for hydroxylation is 1. The Balaban J connectivity index is 1.93. The number of carboxylic acids is 1. The molecule has 0 fully saturated rings. The zero-order valence-corrected chi connectivity index (χ0v) is 11.1. The first-order chi connectivity index (χ1) is 8.49. The maximum Gasteiger partial charge on any atom is 0.310 e. The molecule has 1 aromatic rings. The molecule has 0 saturated heterocycles. The molecule has 0 saturated carbocycles. The molecule has 1 aromatic carbocycles. The van der Waals surface area contributed by atoms with Gasteiger partial charge in [0.15, 0.2) is 0 Å². The molecule has 0 radical (unpaired) electrons. The van der Waals surface area contributed by atoms with Gasteiger partial charge in [-0.15, -0.1) is 0 Å². The lowest BCUT2D eigenvalue weighted by molar-refractivity contribution is -0.146. The second-order valence-electron chi connectivity index (χ2n) is 5.78. The summed E-state index contributed by atoms with van der Waals surface area (Å²) in [7, 11) is 0. The Morgan fingerprint density at radius 3 is 2.72 bits per heavy atom. The fraction of sp³-hybridized carbons (Fsp3) is 0.533. The van der Waals surface area contributed by atoms with E-state index in [0.29, 0.717) is 12.6 Å². The fourth-order valence-corrected chi connectivity index (χ4v) is 2.35. The highest BCUT2D eigenvalue weighted by Gasteiger charge is 2.28. The van der Waals surface area contributed by atoms with Crippen LogP contribution in [0.1, 0.15) is 31.4 Å². The van der Waals surface area contributed by atoms with Gasteiger partial charge in [0.25, 0.3) is 0 Å². The number of rotatable bonds is 4. The molecule has 2 N–H and O–H groups in total. The van der Waals surface area contributed by atoms with E-state index in [0.717, 1.165) is 19.3 Å². The second kappa shape index (κ2) is 5.11. The summed E-state index contributed by atoms with van der Waals surface area (Å²) in [6.45, 7) is 4.05. The molecule has 98 valence electrons. The third-order valence-electron chi connectivity index (χ3n) is 3.76. The van der Waals surface area contributed by atoms with Crippen molar-refractivity contribution in [3.8, 4) is 0 Å². The zero-order valence-electron chi connectivity index (χ0n) is 11.1. The molecule has 1 aliphatic rings. The molecule has 2 rings (SSSR count). The van der Waals surface area contributed by atoms with Crippen molar-refractivity contribution in [2.24, 2.45) is 5.41 Å². The van der Waals surface area contributed by atoms with Crippen molar-refractivity contribution in [2.45, 2.75) is 39.2 Å². The van der Waals surface area contributed by atoms with Crippen molar-refractivity contribution in [1.29, 1.82) is 0 Å². The van der Waals surface area contributed by atoms with Crippen molar-refractivity contribution < 1.29 is 9.90 Å². The summed E-state index contributed by atoms with van der Waals surface area (Å²) in [6, 6.07) is 8.92. The lowest BCUT2D eigenvalue weighted by Crippen LogP contribution is -2.43. The van der Waals surface area contributed by atoms with Crippen LogP contribution in [0, 0.1) is 5.41 Å². The van der Waals surface area contributed by atoms with Gasteiger partial charge in [-0.1, -0.05) is 24.3 Å². The Hall–Kier alpha value is -1.35. The normalized spacial score (nSPS) is 19.3. The van der Waals surface area contributed by atoms with Gasteiger partial charge >= 0.3 is 5.97 Å². The Bertz CT molecular complexity index is 440. The van der Waals surface area contributed by atoms with Gasteiger partial charge < -0.3 is 10.4 Å². The van der Waals surface area contributed by atoms with Crippen LogP contribution in [0.5, 0.6) is 0 Å². The zero-order chi connectivity index (χ0) is 13.2. The SMILES string of the molecule is CC(C)(CNC1CCc2ccccc2C1)C(=O)O. The molecule has 1 unspecified atom stereocenters. The molecule has 0 spiro atoms. The van der Waals surface area contributed by atoms with Crippen molar-refractivity contribution in [3.05, 3.63) is 35.4 Å². The minimum atomic E-state index is -0.744. The van der Waals surface area contributed by atoms with Crippen molar-refractivity contribution in [2.75, 3.05) is 6.54 Å². The molecule has 0 aromatic heterocycles. The quantitative estimate of drug-likeness (QED) is 0.858. The third kappa shape index (κ3) is 2.91. The fourth-order valence-electron chi connectivity index (χ4n) is 2.35. The van der Waals surface area contributed by atoms with E-state index in [1.165, 1.54) is 11.1 Å². The van der Waals surface area contributed by atoms with E-state index in [1.54, 1.807) is 13.8 Å². The number of benzene rings is 1. The van der Waals surface area contributed by atoms with E-state index in [4.69, 9.17) is 5.11 Å². The molecule has 3 heteroatoms. The van der Waals surface area contributed by atoms with E-state index in [9.17, 15) is 4.79 Å². The number of carbonyl (C=O) groups is 1. The number of nitrogens with one attached hydrogen (secondary N) is 1. The maximum atomic E-state index is 11.1. The van der Waals surface area contributed by atoms with Crippen LogP contribution >= 0.6 is 0 Å². The molecule has 1 atom stereocenters. The number of hydrogen-bond donors (Lipinski definition) is 2. The van der Waals surface area contributed by atoms with Gasteiger partial charge in [0.1, 0.15) is 0 Å². The van der Waals surface area contributed by atoms with E-state index in [1.807, 2.05) is 0 Å². The average molecular weight is 247 g/mol. The van der Waals surface area contributed by atoms with E-state index in [2.05, 4.69) is 29.6 Å². The van der Waals surface area contributed by atoms with Crippen LogP contribution in [-0.2, 0) is 17.6 Å². The third-order valence-corrected chi connectivity index (χ3v) is 3.76. The summed E-state index contributed by atoms with van der Waals surface area (Å²) < 4.78 is 0. The minimum absolute atomic E-state index is 0.401. The van der Waals surface area contributed by atoms with Crippen LogP contribution in [0.3, 0.4) is 0 Å². The van der Waals surface area contributed by atoms with Crippen LogP contribution in [-0.4, -0.2) is 23.7 Å². The Morgan fingerprint density at radius 1 is 1.39 bits per heavy atom. The van der Waals surface area contributed by atoms with Gasteiger partial charge in [0, 0.05) is 12.6 Å². The van der Waals surface area contributed by atoms with Gasteiger partial charge in [-0.05, 0) is 44.2 Å². The van der Waals surface area contributed by atoms with Crippen molar-refractivity contribution >= 4 is 5.97 Å². The predicted octanol–water partition coefficient (Wildman–Crippen LogP) is 2.24. The summed E-state index contributed by atoms with van der Waals surface area (Å²) in [4.78, 5) is 11.1. The summed E-state index contributed by atoms with van der Waals surface area (Å²) in [5.74, 6) is -0.744. The molecular formula is C15H21NO2. The Labute approximate surface area is 108 Å². The van der Waals surface area contributed by atoms with E-state index >= 15 is 0 Å². The van der Waals surface area contributed by atoms with E-state index in [-0.39, 0.29) is 0 Å². The van der Waals surface area contributed by atoms with Crippen molar-refractivity contribution in [1.82, 2.24) is 5.32 Å². The molecule has 1 aliphatic carbocycles. The van der Waals surface area contributed by atoms with Gasteiger partial charge in [0.05, 0.1) is 5.41 Å². The number of aliphatic carboxylic acids is 1. The first-order valence-electron chi connectivity index (χ1n) is 6.52. The Kier molecular flexibility index (Phi) is 3.71. The number of fused-ring (bicyclic) bond motifs is 1. The molecular weight excluding hydrogens is 226 g/mol. The standard InChI is InChI=1S/C15H21NO2/c1-15(2,14(17)18)10-16-13-8-7-11-5-3-4-6-12(11)9-13/h3-6,13,16H,7-10H2,1-2H3,(H,17,18). The summed E-state index contributed by atoms with van der Waals surface area (Å²) in [5.41, 5.74) is 2.14. The van der Waals surface area contributed by atoms with Crippen LogP contribution in [0.25, 0.3) is 0 Å². The number of carboxylic acid groups (broad SMARTS) is 1. The largest absolute Gasteiger partial charge is 0.481 e. The molecule has 0 aliphatic heterocycles. The summed E-state index contributed by atoms with van der Waals surface area (Å²) in [6.07, 6.45) is 3.18. The van der Waals surface area contributed by atoms with Crippen LogP contribution in [0.15, 0.2) is 24.3 Å². The van der Waals surface area contributed by atoms with Crippen LogP contribution in [0.4, 0.5) is 0 Å². The number of hydrogen-bond acceptors (Lipinski definition) is 2. The van der Waals surface area contributed by atoms with E-state index < -0.39 is 11.4 Å². The predicted molar refractivity (Wildman–Crippen MR) is 71.7 cm³/mol. The van der Waals surface area contributed by atoms with Crippen LogP contribution < -0.4 is 5.32 Å². The highest BCUT2D eigenvalue weighted by atomic mass is 16.4. The molecule has 0 bridgehead atoms. The lowest BCUT2D eigenvalue weighted by atomic mass is 9.87. The van der Waals surface area contributed by atoms with Gasteiger partial charge in [-0.25, -0.2) is 0 Å². The Morgan fingerprint density at radius 2 is 2.06 bits per heavy atom. The average Bonchev–Trinajstić information content (AvgIpc) is 2.36. The molecule has 3 nitrogen and oxygen atoms in total. The molecule has 0 amide bonds. The van der Waals surface area contributed by atoms with Gasteiger partial charge in [0.2, 0.25) is 0 Å². The topological polar surface area (TPSA) is 49.3 Å². The highest BCUT2D eigenvalue weighted by molar-refractivity contribution is 5.73. The van der Waals surface area contributed by atoms with Gasteiger partial charge in [-0.3, -0.25) is 4.79 Å². The summed E-state index contributed by atoms with van der Waals surface area (Å²) >= 11 is 0. The molecule has 0 heterocycles. The highest BCUT2D eigenvalue weighted by Crippen LogP contribution is 2.22. The van der Waals surface area contributed by atoms with Crippen molar-refractivity contribution in [3.63, 3.8) is 0 Å². The monoisotopic (exact) mass is 247 g/mol. The summed E-state index contributed by atoms with van der Waals surface area (Å²) in [5, 5.41) is 12.5. The smallest absolute Gasteiger partial charge is 0.310 e. The van der Waals surface area contributed by atoms with Gasteiger partial charge in [-0.2, -0.15) is 0 Å². The molecule has 18 heavy (non-hydrogen) atoms. The first-order valence-corrected chi connectivity index (χ1v) is 6.52. The second-order valence-corrected chi connectivity index (χ2v) is 5.78. The van der Waals surface area contributed by atoms with Crippen LogP contribution in [0.2, 0.25) is 0 Å². The lowest BCUT2D eigenvalue weighted by Gasteiger charge is -2.29. The maximum absolute atomic E-state index is 11.1. The minimum Gasteiger partial charge on any atom is -0.481 e. The first kappa shape index (κ1) is 13.1.